The first-order chi connectivity index (χ1) is 9.44. The van der Waals surface area contributed by atoms with Crippen LogP contribution in [0, 0.1) is 0 Å². The number of rotatable bonds is 2. The highest BCUT2D eigenvalue weighted by Gasteiger charge is 2.48. The number of carboxylic acid groups (broad SMARTS) is 1. The van der Waals surface area contributed by atoms with Crippen LogP contribution < -0.4 is 10.1 Å². The van der Waals surface area contributed by atoms with E-state index in [9.17, 15) is 9.59 Å². The van der Waals surface area contributed by atoms with E-state index in [1.165, 1.54) is 6.07 Å². The molecule has 106 valence electrons. The molecule has 0 radical (unpaired) electrons. The van der Waals surface area contributed by atoms with E-state index < -0.39 is 11.7 Å². The Labute approximate surface area is 116 Å². The van der Waals surface area contributed by atoms with E-state index in [0.29, 0.717) is 18.7 Å². The molecule has 2 heterocycles. The zero-order chi connectivity index (χ0) is 14.5. The summed E-state index contributed by atoms with van der Waals surface area (Å²) in [5.74, 6) is -0.356. The average Bonchev–Trinajstić information content (AvgIpc) is 2.37. The van der Waals surface area contributed by atoms with Crippen LogP contribution in [0.2, 0.25) is 0 Å². The van der Waals surface area contributed by atoms with Crippen molar-refractivity contribution >= 4 is 12.0 Å². The number of hydrogen-bond donors (Lipinski definition) is 2. The van der Waals surface area contributed by atoms with Gasteiger partial charge in [-0.3, -0.25) is 4.90 Å². The third-order valence-corrected chi connectivity index (χ3v) is 3.97. The van der Waals surface area contributed by atoms with Gasteiger partial charge in [0.15, 0.2) is 5.72 Å². The summed E-state index contributed by atoms with van der Waals surface area (Å²) < 4.78 is 5.97. The highest BCUT2D eigenvalue weighted by molar-refractivity contribution is 5.88. The summed E-state index contributed by atoms with van der Waals surface area (Å²) in [5, 5.41) is 12.0. The number of urea groups is 1. The van der Waals surface area contributed by atoms with Crippen LogP contribution in [0.5, 0.6) is 5.75 Å². The Hall–Kier alpha value is -2.24. The topological polar surface area (TPSA) is 78.9 Å². The number of carboxylic acids is 1. The second-order valence-electron chi connectivity index (χ2n) is 5.29. The summed E-state index contributed by atoms with van der Waals surface area (Å²) in [6.07, 6.45) is 0.600. The van der Waals surface area contributed by atoms with Crippen LogP contribution in [0.25, 0.3) is 0 Å². The van der Waals surface area contributed by atoms with Gasteiger partial charge in [0.25, 0.3) is 0 Å². The smallest absolute Gasteiger partial charge is 0.335 e. The summed E-state index contributed by atoms with van der Waals surface area (Å²) in [6.45, 7) is 4.34. The minimum absolute atomic E-state index is 0.183. The summed E-state index contributed by atoms with van der Waals surface area (Å²) in [6, 6.07) is 4.36. The molecule has 2 aliphatic rings. The number of benzene rings is 1. The van der Waals surface area contributed by atoms with Gasteiger partial charge in [-0.15, -0.1) is 0 Å². The predicted molar refractivity (Wildman–Crippen MR) is 70.7 cm³/mol. The van der Waals surface area contributed by atoms with Gasteiger partial charge in [-0.25, -0.2) is 9.59 Å². The van der Waals surface area contributed by atoms with Gasteiger partial charge < -0.3 is 15.2 Å². The fraction of sp³-hybridized carbons (Fsp3) is 0.429. The molecule has 1 fully saturated rings. The fourth-order valence-electron chi connectivity index (χ4n) is 3.03. The lowest BCUT2D eigenvalue weighted by atomic mass is 9.89. The van der Waals surface area contributed by atoms with Gasteiger partial charge in [-0.1, -0.05) is 0 Å². The molecule has 1 saturated heterocycles. The first-order valence-corrected chi connectivity index (χ1v) is 6.59. The molecule has 2 unspecified atom stereocenters. The molecule has 2 N–H and O–H groups in total. The zero-order valence-corrected chi connectivity index (χ0v) is 11.3. The van der Waals surface area contributed by atoms with E-state index in [4.69, 9.17) is 9.84 Å². The monoisotopic (exact) mass is 276 g/mol. The van der Waals surface area contributed by atoms with Crippen LogP contribution in [0.4, 0.5) is 4.79 Å². The van der Waals surface area contributed by atoms with Crippen molar-refractivity contribution in [1.29, 1.82) is 0 Å². The lowest BCUT2D eigenvalue weighted by Crippen LogP contribution is -2.64. The van der Waals surface area contributed by atoms with Crippen molar-refractivity contribution in [2.75, 3.05) is 6.54 Å². The van der Waals surface area contributed by atoms with Gasteiger partial charge in [0.05, 0.1) is 11.6 Å². The van der Waals surface area contributed by atoms with Crippen LogP contribution in [0.3, 0.4) is 0 Å². The van der Waals surface area contributed by atoms with Gasteiger partial charge >= 0.3 is 12.0 Å². The number of hydrogen-bond acceptors (Lipinski definition) is 3. The summed E-state index contributed by atoms with van der Waals surface area (Å²) >= 11 is 0. The molecule has 6 heteroatoms. The van der Waals surface area contributed by atoms with Gasteiger partial charge in [-0.2, -0.15) is 0 Å². The summed E-state index contributed by atoms with van der Waals surface area (Å²) in [7, 11) is 0. The van der Waals surface area contributed by atoms with E-state index in [2.05, 4.69) is 5.32 Å². The van der Waals surface area contributed by atoms with Crippen molar-refractivity contribution in [3.05, 3.63) is 29.3 Å². The molecule has 2 bridgehead atoms. The number of nitrogens with zero attached hydrogens (tertiary/aromatic N) is 1. The highest BCUT2D eigenvalue weighted by Crippen LogP contribution is 2.44. The molecule has 1 aromatic rings. The molecule has 1 aromatic carbocycles. The van der Waals surface area contributed by atoms with Crippen molar-refractivity contribution in [2.24, 2.45) is 0 Å². The molecule has 0 aromatic heterocycles. The molecule has 20 heavy (non-hydrogen) atoms. The third kappa shape index (κ3) is 1.71. The molecule has 0 spiro atoms. The fourth-order valence-corrected chi connectivity index (χ4v) is 3.03. The maximum Gasteiger partial charge on any atom is 0.335 e. The first kappa shape index (κ1) is 12.8. The highest BCUT2D eigenvalue weighted by atomic mass is 16.5. The summed E-state index contributed by atoms with van der Waals surface area (Å²) in [4.78, 5) is 24.8. The largest absolute Gasteiger partial charge is 0.478 e. The lowest BCUT2D eigenvalue weighted by molar-refractivity contribution is -0.0815. The Morgan fingerprint density at radius 1 is 1.60 bits per heavy atom. The minimum atomic E-state index is -0.988. The molecule has 0 aliphatic carbocycles. The lowest BCUT2D eigenvalue weighted by Gasteiger charge is -2.50. The normalized spacial score (nSPS) is 27.4. The second-order valence-corrected chi connectivity index (χ2v) is 5.29. The quantitative estimate of drug-likeness (QED) is 0.865. The van der Waals surface area contributed by atoms with Crippen molar-refractivity contribution in [3.8, 4) is 5.75 Å². The molecule has 2 aliphatic heterocycles. The zero-order valence-electron chi connectivity index (χ0n) is 11.3. The standard InChI is InChI=1S/C14H16N2O4/c1-3-16-13(19)15-10-7-14(16,2)20-11-5-4-8(12(17)18)6-9(10)11/h4-6,10H,3,7H2,1-2H3,(H,15,19)(H,17,18). The van der Waals surface area contributed by atoms with E-state index in [1.54, 1.807) is 17.0 Å². The van der Waals surface area contributed by atoms with Crippen LogP contribution in [-0.4, -0.2) is 34.3 Å². The SMILES string of the molecule is CCN1C(=O)NC2CC1(C)Oc1ccc(C(=O)O)cc12. The van der Waals surface area contributed by atoms with E-state index in [1.807, 2.05) is 13.8 Å². The van der Waals surface area contributed by atoms with Gasteiger partial charge in [-0.05, 0) is 32.0 Å². The molecule has 0 saturated carbocycles. The number of amides is 2. The number of fused-ring (bicyclic) bond motifs is 4. The molecular weight excluding hydrogens is 260 g/mol. The molecule has 6 nitrogen and oxygen atoms in total. The number of aromatic carboxylic acids is 1. The van der Waals surface area contributed by atoms with E-state index in [0.717, 1.165) is 5.56 Å². The van der Waals surface area contributed by atoms with Crippen molar-refractivity contribution in [3.63, 3.8) is 0 Å². The van der Waals surface area contributed by atoms with Crippen LogP contribution >= 0.6 is 0 Å². The minimum Gasteiger partial charge on any atom is -0.478 e. The Morgan fingerprint density at radius 2 is 2.35 bits per heavy atom. The predicted octanol–water partition coefficient (Wildman–Crippen LogP) is 1.97. The van der Waals surface area contributed by atoms with E-state index >= 15 is 0 Å². The molecular formula is C14H16N2O4. The number of carbonyl (C=O) groups excluding carboxylic acids is 1. The average molecular weight is 276 g/mol. The van der Waals surface area contributed by atoms with Gasteiger partial charge in [0.1, 0.15) is 5.75 Å². The number of carbonyl (C=O) groups is 2. The van der Waals surface area contributed by atoms with Crippen molar-refractivity contribution < 1.29 is 19.4 Å². The maximum atomic E-state index is 12.1. The van der Waals surface area contributed by atoms with Crippen LogP contribution in [-0.2, 0) is 0 Å². The summed E-state index contributed by atoms with van der Waals surface area (Å²) in [5.41, 5.74) is 0.244. The van der Waals surface area contributed by atoms with Crippen molar-refractivity contribution in [2.45, 2.75) is 32.0 Å². The number of nitrogens with one attached hydrogen (secondary N) is 1. The second kappa shape index (κ2) is 4.13. The van der Waals surface area contributed by atoms with Crippen LogP contribution in [0.15, 0.2) is 18.2 Å². The molecule has 3 rings (SSSR count). The molecule has 2 amide bonds. The molecule has 2 atom stereocenters. The third-order valence-electron chi connectivity index (χ3n) is 3.97. The Morgan fingerprint density at radius 3 is 3.00 bits per heavy atom. The van der Waals surface area contributed by atoms with Crippen LogP contribution in [0.1, 0.15) is 42.2 Å². The Bertz CT molecular complexity index is 601. The van der Waals surface area contributed by atoms with Gasteiger partial charge in [0, 0.05) is 18.5 Å². The van der Waals surface area contributed by atoms with E-state index in [-0.39, 0.29) is 17.6 Å². The Balaban J connectivity index is 2.07. The number of ether oxygens (including phenoxy) is 1. The van der Waals surface area contributed by atoms with Gasteiger partial charge in [0.2, 0.25) is 0 Å². The van der Waals surface area contributed by atoms with Crippen molar-refractivity contribution in [1.82, 2.24) is 10.2 Å². The first-order valence-electron chi connectivity index (χ1n) is 6.59. The maximum absolute atomic E-state index is 12.1. The Kier molecular flexibility index (Phi) is 2.64.